The van der Waals surface area contributed by atoms with E-state index in [4.69, 9.17) is 0 Å². The van der Waals surface area contributed by atoms with E-state index in [1.807, 2.05) is 0 Å². The Kier molecular flexibility index (Phi) is 6.02. The lowest BCUT2D eigenvalue weighted by atomic mass is 10.2. The highest BCUT2D eigenvalue weighted by Gasteiger charge is 2.27. The van der Waals surface area contributed by atoms with Crippen LogP contribution in [0.1, 0.15) is 10.4 Å². The number of nitrogens with zero attached hydrogens (tertiary/aromatic N) is 3. The van der Waals surface area contributed by atoms with Crippen molar-refractivity contribution in [3.8, 4) is 0 Å². The molecule has 1 aromatic heterocycles. The van der Waals surface area contributed by atoms with Crippen LogP contribution in [0.2, 0.25) is 0 Å². The Hall–Kier alpha value is -2.56. The first-order chi connectivity index (χ1) is 11.7. The Morgan fingerprint density at radius 2 is 2.08 bits per heavy atom. The van der Waals surface area contributed by atoms with Gasteiger partial charge in [0.15, 0.2) is 5.16 Å². The Labute approximate surface area is 145 Å². The average Bonchev–Trinajstić information content (AvgIpc) is 2.95. The second kappa shape index (κ2) is 8.01. The predicted molar refractivity (Wildman–Crippen MR) is 85.2 cm³/mol. The number of amides is 2. The number of thioether (sulfide) groups is 1. The number of hydrogen-bond donors (Lipinski definition) is 2. The van der Waals surface area contributed by atoms with E-state index < -0.39 is 18.6 Å². The van der Waals surface area contributed by atoms with Crippen LogP contribution in [0, 0.1) is 0 Å². The fourth-order valence-electron chi connectivity index (χ4n) is 1.75. The van der Waals surface area contributed by atoms with Gasteiger partial charge >= 0.3 is 6.18 Å². The molecule has 2 aromatic rings. The number of carbonyl (C=O) groups excluding carboxylic acids is 2. The second-order valence-corrected chi connectivity index (χ2v) is 5.88. The summed E-state index contributed by atoms with van der Waals surface area (Å²) in [4.78, 5) is 23.6. The summed E-state index contributed by atoms with van der Waals surface area (Å²) in [5, 5.41) is 12.4. The Morgan fingerprint density at radius 1 is 1.32 bits per heavy atom. The third-order valence-electron chi connectivity index (χ3n) is 2.86. The van der Waals surface area contributed by atoms with Crippen LogP contribution in [-0.4, -0.2) is 45.1 Å². The molecule has 0 saturated carbocycles. The van der Waals surface area contributed by atoms with Gasteiger partial charge in [-0.25, -0.2) is 0 Å². The van der Waals surface area contributed by atoms with Gasteiger partial charge in [-0.1, -0.05) is 17.8 Å². The normalized spacial score (nSPS) is 11.2. The van der Waals surface area contributed by atoms with Crippen molar-refractivity contribution in [2.45, 2.75) is 11.3 Å². The van der Waals surface area contributed by atoms with Crippen molar-refractivity contribution < 1.29 is 22.8 Å². The molecule has 0 unspecified atom stereocenters. The van der Waals surface area contributed by atoms with Gasteiger partial charge in [0, 0.05) is 18.3 Å². The summed E-state index contributed by atoms with van der Waals surface area (Å²) in [6, 6.07) is 5.66. The quantitative estimate of drug-likeness (QED) is 0.755. The maximum atomic E-state index is 12.1. The third-order valence-corrected chi connectivity index (χ3v) is 3.89. The number of nitrogens with one attached hydrogen (secondary N) is 2. The lowest BCUT2D eigenvalue weighted by Crippen LogP contribution is -2.33. The number of alkyl halides is 3. The van der Waals surface area contributed by atoms with E-state index in [1.54, 1.807) is 16.9 Å². The van der Waals surface area contributed by atoms with E-state index in [-0.39, 0.29) is 17.2 Å². The highest BCUT2D eigenvalue weighted by molar-refractivity contribution is 7.99. The maximum Gasteiger partial charge on any atom is 0.405 e. The van der Waals surface area contributed by atoms with E-state index in [1.165, 1.54) is 42.4 Å². The van der Waals surface area contributed by atoms with E-state index in [2.05, 4.69) is 15.5 Å². The summed E-state index contributed by atoms with van der Waals surface area (Å²) in [5.74, 6) is -1.15. The van der Waals surface area contributed by atoms with E-state index in [0.29, 0.717) is 10.8 Å². The molecule has 1 heterocycles. The number of carbonyl (C=O) groups is 2. The van der Waals surface area contributed by atoms with Crippen LogP contribution in [-0.2, 0) is 11.8 Å². The fraction of sp³-hybridized carbons (Fsp3) is 0.286. The number of anilines is 1. The lowest BCUT2D eigenvalue weighted by molar-refractivity contribution is -0.123. The van der Waals surface area contributed by atoms with Gasteiger partial charge in [-0.15, -0.1) is 10.2 Å². The van der Waals surface area contributed by atoms with Crippen LogP contribution >= 0.6 is 11.8 Å². The molecule has 0 aliphatic heterocycles. The molecule has 0 aliphatic rings. The molecule has 2 amide bonds. The molecule has 0 bridgehead atoms. The maximum absolute atomic E-state index is 12.1. The largest absolute Gasteiger partial charge is 0.405 e. The lowest BCUT2D eigenvalue weighted by Gasteiger charge is -2.10. The van der Waals surface area contributed by atoms with Gasteiger partial charge in [-0.3, -0.25) is 9.59 Å². The molecule has 0 aliphatic carbocycles. The van der Waals surface area contributed by atoms with Crippen LogP contribution in [0.15, 0.2) is 35.7 Å². The number of aromatic nitrogens is 3. The summed E-state index contributed by atoms with van der Waals surface area (Å²) in [5.41, 5.74) is 0.325. The molecule has 134 valence electrons. The van der Waals surface area contributed by atoms with Crippen molar-refractivity contribution in [1.29, 1.82) is 0 Å². The molecule has 2 N–H and O–H groups in total. The van der Waals surface area contributed by atoms with Crippen molar-refractivity contribution in [2.24, 2.45) is 7.05 Å². The molecule has 11 heteroatoms. The Morgan fingerprint density at radius 3 is 2.72 bits per heavy atom. The summed E-state index contributed by atoms with van der Waals surface area (Å²) >= 11 is 1.18. The molecule has 0 radical (unpaired) electrons. The summed E-state index contributed by atoms with van der Waals surface area (Å²) < 4.78 is 38.0. The summed E-state index contributed by atoms with van der Waals surface area (Å²) in [7, 11) is 1.74. The highest BCUT2D eigenvalue weighted by Crippen LogP contribution is 2.16. The number of aryl methyl sites for hydroxylation is 1. The Bertz CT molecular complexity index is 763. The average molecular weight is 373 g/mol. The van der Waals surface area contributed by atoms with Crippen LogP contribution in [0.3, 0.4) is 0 Å². The molecule has 0 atom stereocenters. The number of benzene rings is 1. The van der Waals surface area contributed by atoms with E-state index in [9.17, 15) is 22.8 Å². The molecule has 2 rings (SSSR count). The molecule has 25 heavy (non-hydrogen) atoms. The standard InChI is InChI=1S/C14H14F3N5O2S/c1-22-8-19-21-13(22)25-6-11(23)20-10-4-2-3-9(5-10)12(24)18-7-14(15,16)17/h2-5,8H,6-7H2,1H3,(H,18,24)(H,20,23). The number of hydrogen-bond acceptors (Lipinski definition) is 5. The van der Waals surface area contributed by atoms with Gasteiger partial charge in [-0.05, 0) is 18.2 Å². The summed E-state index contributed by atoms with van der Waals surface area (Å²) in [6.07, 6.45) is -2.98. The minimum Gasteiger partial charge on any atom is -0.343 e. The molecule has 1 aromatic carbocycles. The zero-order valence-corrected chi connectivity index (χ0v) is 13.8. The zero-order valence-electron chi connectivity index (χ0n) is 13.0. The molecule has 0 spiro atoms. The van der Waals surface area contributed by atoms with Crippen LogP contribution < -0.4 is 10.6 Å². The smallest absolute Gasteiger partial charge is 0.343 e. The van der Waals surface area contributed by atoms with Crippen molar-refractivity contribution >= 4 is 29.3 Å². The van der Waals surface area contributed by atoms with Gasteiger partial charge in [0.25, 0.3) is 5.91 Å². The minimum atomic E-state index is -4.49. The number of rotatable bonds is 6. The Balaban J connectivity index is 1.91. The predicted octanol–water partition coefficient (Wildman–Crippen LogP) is 1.84. The molecule has 0 saturated heterocycles. The SMILES string of the molecule is Cn1cnnc1SCC(=O)Nc1cccc(C(=O)NCC(F)(F)F)c1. The van der Waals surface area contributed by atoms with E-state index >= 15 is 0 Å². The van der Waals surface area contributed by atoms with Crippen molar-refractivity contribution in [3.63, 3.8) is 0 Å². The summed E-state index contributed by atoms with van der Waals surface area (Å²) in [6.45, 7) is -1.42. The first-order valence-corrected chi connectivity index (χ1v) is 7.95. The van der Waals surface area contributed by atoms with Crippen LogP contribution in [0.4, 0.5) is 18.9 Å². The van der Waals surface area contributed by atoms with Gasteiger partial charge in [0.2, 0.25) is 5.91 Å². The van der Waals surface area contributed by atoms with Gasteiger partial charge < -0.3 is 15.2 Å². The van der Waals surface area contributed by atoms with Gasteiger partial charge in [0.05, 0.1) is 5.75 Å². The zero-order chi connectivity index (χ0) is 18.4. The van der Waals surface area contributed by atoms with Gasteiger partial charge in [-0.2, -0.15) is 13.2 Å². The van der Waals surface area contributed by atoms with E-state index in [0.717, 1.165) is 0 Å². The monoisotopic (exact) mass is 373 g/mol. The molecular formula is C14H14F3N5O2S. The number of halogens is 3. The van der Waals surface area contributed by atoms with Crippen molar-refractivity contribution in [1.82, 2.24) is 20.1 Å². The molecular weight excluding hydrogens is 359 g/mol. The first kappa shape index (κ1) is 18.8. The van der Waals surface area contributed by atoms with Crippen molar-refractivity contribution in [2.75, 3.05) is 17.6 Å². The molecule has 0 fully saturated rings. The minimum absolute atomic E-state index is 0.0167. The van der Waals surface area contributed by atoms with Gasteiger partial charge in [0.1, 0.15) is 12.9 Å². The van der Waals surface area contributed by atoms with Crippen molar-refractivity contribution in [3.05, 3.63) is 36.2 Å². The van der Waals surface area contributed by atoms with Crippen LogP contribution in [0.25, 0.3) is 0 Å². The molecule has 7 nitrogen and oxygen atoms in total. The van der Waals surface area contributed by atoms with Crippen LogP contribution in [0.5, 0.6) is 0 Å². The first-order valence-electron chi connectivity index (χ1n) is 6.96. The third kappa shape index (κ3) is 6.10. The second-order valence-electron chi connectivity index (χ2n) is 4.94. The highest BCUT2D eigenvalue weighted by atomic mass is 32.2. The topological polar surface area (TPSA) is 88.9 Å². The fourth-order valence-corrected chi connectivity index (χ4v) is 2.44.